The number of hydrogen-bond donors (Lipinski definition) is 1. The molecule has 0 aliphatic rings. The predicted octanol–water partition coefficient (Wildman–Crippen LogP) is 3.72. The topological polar surface area (TPSA) is 76.3 Å². The van der Waals surface area contributed by atoms with Crippen molar-refractivity contribution < 1.29 is 4.79 Å². The molecule has 29 heavy (non-hydrogen) atoms. The van der Waals surface area contributed by atoms with Crippen molar-refractivity contribution in [3.8, 4) is 0 Å². The quantitative estimate of drug-likeness (QED) is 0.430. The third-order valence-electron chi connectivity index (χ3n) is 4.87. The maximum Gasteiger partial charge on any atom is 0.292 e. The molecular formula is C23H20N4O2. The van der Waals surface area contributed by atoms with Gasteiger partial charge in [0.1, 0.15) is 0 Å². The van der Waals surface area contributed by atoms with E-state index in [2.05, 4.69) is 15.6 Å². The van der Waals surface area contributed by atoms with Crippen LogP contribution < -0.4 is 11.0 Å². The first-order valence-electron chi connectivity index (χ1n) is 9.42. The van der Waals surface area contributed by atoms with Gasteiger partial charge >= 0.3 is 0 Å². The van der Waals surface area contributed by atoms with Crippen molar-refractivity contribution in [3.63, 3.8) is 0 Å². The summed E-state index contributed by atoms with van der Waals surface area (Å²) < 4.78 is 1.29. The van der Waals surface area contributed by atoms with Crippen LogP contribution in [0.15, 0.2) is 76.6 Å². The molecule has 0 bridgehead atoms. The molecule has 0 atom stereocenters. The number of nitrogens with zero attached hydrogens (tertiary/aromatic N) is 3. The summed E-state index contributed by atoms with van der Waals surface area (Å²) in [5.74, 6) is -0.455. The Bertz CT molecular complexity index is 1320. The Hall–Kier alpha value is -3.80. The molecule has 4 aromatic rings. The average molecular weight is 384 g/mol. The van der Waals surface area contributed by atoms with Crippen molar-refractivity contribution in [2.24, 2.45) is 5.10 Å². The lowest BCUT2D eigenvalue weighted by Gasteiger charge is -2.09. The zero-order chi connectivity index (χ0) is 20.4. The highest BCUT2D eigenvalue weighted by Gasteiger charge is 2.16. The summed E-state index contributed by atoms with van der Waals surface area (Å²) >= 11 is 0. The van der Waals surface area contributed by atoms with Crippen LogP contribution in [0.25, 0.3) is 21.5 Å². The van der Waals surface area contributed by atoms with Crippen LogP contribution in [-0.2, 0) is 6.54 Å². The van der Waals surface area contributed by atoms with Gasteiger partial charge in [-0.3, -0.25) is 9.59 Å². The minimum atomic E-state index is -0.455. The van der Waals surface area contributed by atoms with E-state index in [1.807, 2.05) is 56.3 Å². The number of hydrogen-bond acceptors (Lipinski definition) is 4. The number of carbonyl (C=O) groups excluding carboxylic acids is 1. The number of amides is 1. The lowest BCUT2D eigenvalue weighted by Crippen LogP contribution is -2.28. The summed E-state index contributed by atoms with van der Waals surface area (Å²) in [4.78, 5) is 25.2. The van der Waals surface area contributed by atoms with Gasteiger partial charge in [-0.1, -0.05) is 54.6 Å². The fourth-order valence-electron chi connectivity index (χ4n) is 3.28. The van der Waals surface area contributed by atoms with Crippen LogP contribution in [0.2, 0.25) is 0 Å². The average Bonchev–Trinajstić information content (AvgIpc) is 2.77. The van der Waals surface area contributed by atoms with Gasteiger partial charge in [0, 0.05) is 11.9 Å². The van der Waals surface area contributed by atoms with Gasteiger partial charge in [-0.05, 0) is 42.3 Å². The maximum absolute atomic E-state index is 12.8. The van der Waals surface area contributed by atoms with E-state index in [9.17, 15) is 9.59 Å². The van der Waals surface area contributed by atoms with Crippen LogP contribution in [0.5, 0.6) is 0 Å². The minimum Gasteiger partial charge on any atom is -0.267 e. The minimum absolute atomic E-state index is 0.178. The largest absolute Gasteiger partial charge is 0.292 e. The molecular weight excluding hydrogens is 364 g/mol. The molecule has 6 nitrogen and oxygen atoms in total. The molecule has 1 aromatic heterocycles. The third kappa shape index (κ3) is 3.52. The number of rotatable bonds is 4. The van der Waals surface area contributed by atoms with Crippen LogP contribution in [0, 0.1) is 0 Å². The first kappa shape index (κ1) is 18.6. The molecule has 0 aliphatic heterocycles. The number of hydrazone groups is 1. The van der Waals surface area contributed by atoms with Gasteiger partial charge in [-0.2, -0.15) is 10.2 Å². The van der Waals surface area contributed by atoms with Crippen LogP contribution in [0.1, 0.15) is 29.9 Å². The third-order valence-corrected chi connectivity index (χ3v) is 4.87. The van der Waals surface area contributed by atoms with Crippen molar-refractivity contribution in [1.82, 2.24) is 15.2 Å². The monoisotopic (exact) mass is 384 g/mol. The van der Waals surface area contributed by atoms with E-state index in [4.69, 9.17) is 0 Å². The highest BCUT2D eigenvalue weighted by molar-refractivity contribution is 6.06. The number of benzene rings is 3. The van der Waals surface area contributed by atoms with Crippen molar-refractivity contribution >= 4 is 33.2 Å². The molecule has 1 heterocycles. The Labute approximate surface area is 167 Å². The maximum atomic E-state index is 12.8. The van der Waals surface area contributed by atoms with Gasteiger partial charge in [-0.25, -0.2) is 10.1 Å². The number of carbonyl (C=O) groups is 1. The van der Waals surface area contributed by atoms with Crippen LogP contribution in [0.3, 0.4) is 0 Å². The number of fused-ring (bicyclic) bond motifs is 2. The summed E-state index contributed by atoms with van der Waals surface area (Å²) in [7, 11) is 0. The van der Waals surface area contributed by atoms with E-state index in [0.717, 1.165) is 16.3 Å². The van der Waals surface area contributed by atoms with Crippen LogP contribution in [0.4, 0.5) is 0 Å². The Morgan fingerprint density at radius 3 is 2.45 bits per heavy atom. The smallest absolute Gasteiger partial charge is 0.267 e. The Kier molecular flexibility index (Phi) is 4.91. The second kappa shape index (κ2) is 7.67. The molecule has 144 valence electrons. The van der Waals surface area contributed by atoms with E-state index < -0.39 is 5.91 Å². The van der Waals surface area contributed by atoms with E-state index in [1.54, 1.807) is 24.3 Å². The summed E-state index contributed by atoms with van der Waals surface area (Å²) in [5, 5.41) is 11.7. The molecule has 1 N–H and O–H groups in total. The molecule has 4 rings (SSSR count). The zero-order valence-corrected chi connectivity index (χ0v) is 16.2. The zero-order valence-electron chi connectivity index (χ0n) is 16.2. The predicted molar refractivity (Wildman–Crippen MR) is 115 cm³/mol. The lowest BCUT2D eigenvalue weighted by atomic mass is 10.0. The van der Waals surface area contributed by atoms with E-state index in [-0.39, 0.29) is 11.3 Å². The highest BCUT2D eigenvalue weighted by atomic mass is 16.2. The fourth-order valence-corrected chi connectivity index (χ4v) is 3.28. The van der Waals surface area contributed by atoms with Gasteiger partial charge in [0.2, 0.25) is 0 Å². The van der Waals surface area contributed by atoms with Gasteiger partial charge in [0.25, 0.3) is 11.5 Å². The fraction of sp³-hybridized carbons (Fsp3) is 0.130. The standard InChI is InChI=1S/C23H20N4O2/c1-3-27-23(29)20-11-7-6-10-19(20)21(26-27)22(28)25-24-15(2)17-13-12-16-8-4-5-9-18(16)14-17/h4-14H,3H2,1-2H3,(H,25,28)/b24-15-. The second-order valence-corrected chi connectivity index (χ2v) is 6.72. The van der Waals surface area contributed by atoms with Crippen molar-refractivity contribution in [3.05, 3.63) is 88.3 Å². The molecule has 0 saturated carbocycles. The Balaban J connectivity index is 1.67. The van der Waals surface area contributed by atoms with E-state index in [0.29, 0.717) is 23.0 Å². The molecule has 6 heteroatoms. The van der Waals surface area contributed by atoms with Gasteiger partial charge in [0.15, 0.2) is 5.69 Å². The second-order valence-electron chi connectivity index (χ2n) is 6.72. The number of aromatic nitrogens is 2. The number of nitrogens with one attached hydrogen (secondary N) is 1. The lowest BCUT2D eigenvalue weighted by molar-refractivity contribution is 0.0949. The highest BCUT2D eigenvalue weighted by Crippen LogP contribution is 2.16. The molecule has 0 aliphatic carbocycles. The molecule has 3 aromatic carbocycles. The van der Waals surface area contributed by atoms with Crippen molar-refractivity contribution in [1.29, 1.82) is 0 Å². The molecule has 0 fully saturated rings. The molecule has 0 spiro atoms. The summed E-state index contributed by atoms with van der Waals surface area (Å²) in [6, 6.07) is 21.1. The molecule has 0 unspecified atom stereocenters. The first-order valence-corrected chi connectivity index (χ1v) is 9.42. The normalized spacial score (nSPS) is 11.7. The molecule has 0 radical (unpaired) electrons. The summed E-state index contributed by atoms with van der Waals surface area (Å²) in [5.41, 5.74) is 4.14. The first-order chi connectivity index (χ1) is 14.1. The SMILES string of the molecule is CCn1nc(C(=O)N/N=C(/C)c2ccc3ccccc3c2)c2ccccc2c1=O. The molecule has 0 saturated heterocycles. The van der Waals surface area contributed by atoms with Gasteiger partial charge < -0.3 is 0 Å². The Morgan fingerprint density at radius 1 is 1.00 bits per heavy atom. The van der Waals surface area contributed by atoms with Gasteiger partial charge in [0.05, 0.1) is 11.1 Å². The van der Waals surface area contributed by atoms with Gasteiger partial charge in [-0.15, -0.1) is 0 Å². The number of aryl methyl sites for hydroxylation is 1. The Morgan fingerprint density at radius 2 is 1.69 bits per heavy atom. The molecule has 1 amide bonds. The van der Waals surface area contributed by atoms with Crippen molar-refractivity contribution in [2.75, 3.05) is 0 Å². The summed E-state index contributed by atoms with van der Waals surface area (Å²) in [6.07, 6.45) is 0. The summed E-state index contributed by atoms with van der Waals surface area (Å²) in [6.45, 7) is 4.03. The van der Waals surface area contributed by atoms with Crippen molar-refractivity contribution in [2.45, 2.75) is 20.4 Å². The van der Waals surface area contributed by atoms with E-state index >= 15 is 0 Å². The van der Waals surface area contributed by atoms with Crippen LogP contribution >= 0.6 is 0 Å². The van der Waals surface area contributed by atoms with E-state index in [1.165, 1.54) is 4.68 Å². The van der Waals surface area contributed by atoms with Crippen LogP contribution in [-0.4, -0.2) is 21.4 Å².